The largest absolute Gasteiger partial charge is 0.411 e. The topological polar surface area (TPSA) is 50.4 Å². The molecule has 8 heteroatoms. The fourth-order valence-corrected chi connectivity index (χ4v) is 2.11. The van der Waals surface area contributed by atoms with Gasteiger partial charge in [0.25, 0.3) is 0 Å². The number of hydrogen-bond acceptors (Lipinski definition) is 4. The van der Waals surface area contributed by atoms with Crippen LogP contribution in [0.2, 0.25) is 0 Å². The molecule has 0 aromatic carbocycles. The summed E-state index contributed by atoms with van der Waals surface area (Å²) in [4.78, 5) is 11.8. The summed E-state index contributed by atoms with van der Waals surface area (Å²) < 4.78 is 39.8. The van der Waals surface area contributed by atoms with E-state index in [2.05, 4.69) is 15.4 Å². The van der Waals surface area contributed by atoms with Crippen LogP contribution in [0.1, 0.15) is 11.8 Å². The van der Waals surface area contributed by atoms with Gasteiger partial charge >= 0.3 is 6.18 Å². The van der Waals surface area contributed by atoms with Crippen molar-refractivity contribution in [2.24, 2.45) is 0 Å². The molecule has 0 aliphatic heterocycles. The van der Waals surface area contributed by atoms with Crippen LogP contribution in [0.5, 0.6) is 0 Å². The van der Waals surface area contributed by atoms with E-state index < -0.39 is 12.8 Å². The summed E-state index contributed by atoms with van der Waals surface area (Å²) in [6.45, 7) is 0.960. The van der Waals surface area contributed by atoms with Gasteiger partial charge in [-0.3, -0.25) is 4.79 Å². The van der Waals surface area contributed by atoms with Gasteiger partial charge in [0.15, 0.2) is 0 Å². The van der Waals surface area contributed by atoms with Gasteiger partial charge in [-0.05, 0) is 11.4 Å². The van der Waals surface area contributed by atoms with Crippen molar-refractivity contribution in [2.75, 3.05) is 25.1 Å². The van der Waals surface area contributed by atoms with E-state index >= 15 is 0 Å². The second kappa shape index (κ2) is 7.46. The first kappa shape index (κ1) is 15.9. The minimum absolute atomic E-state index is 0.0135. The number of thiophene rings is 1. The number of anilines is 1. The quantitative estimate of drug-likeness (QED) is 0.760. The highest BCUT2D eigenvalue weighted by molar-refractivity contribution is 7.10. The van der Waals surface area contributed by atoms with E-state index in [-0.39, 0.29) is 12.5 Å². The lowest BCUT2D eigenvalue weighted by Gasteiger charge is -2.09. The Labute approximate surface area is 112 Å². The molecule has 0 atom stereocenters. The molecule has 19 heavy (non-hydrogen) atoms. The Morgan fingerprint density at radius 2 is 2.21 bits per heavy atom. The molecular weight excluding hydrogens is 281 g/mol. The predicted octanol–water partition coefficient (Wildman–Crippen LogP) is 2.38. The van der Waals surface area contributed by atoms with Gasteiger partial charge in [-0.2, -0.15) is 13.2 Å². The van der Waals surface area contributed by atoms with Crippen LogP contribution >= 0.6 is 11.3 Å². The molecule has 1 rings (SSSR count). The second-order valence-electron chi connectivity index (χ2n) is 3.78. The normalized spacial score (nSPS) is 11.6. The van der Waals surface area contributed by atoms with E-state index in [9.17, 15) is 18.0 Å². The van der Waals surface area contributed by atoms with E-state index in [1.807, 2.05) is 5.38 Å². The first-order valence-electron chi connectivity index (χ1n) is 5.57. The van der Waals surface area contributed by atoms with Crippen molar-refractivity contribution < 1.29 is 22.7 Å². The molecule has 0 radical (unpaired) electrons. The Balaban J connectivity index is 2.19. The number of alkyl halides is 3. The second-order valence-corrected chi connectivity index (χ2v) is 4.78. The Kier molecular flexibility index (Phi) is 6.26. The number of rotatable bonds is 7. The number of nitrogens with one attached hydrogen (secondary N) is 2. The lowest BCUT2D eigenvalue weighted by Crippen LogP contribution is -2.23. The zero-order chi connectivity index (χ0) is 14.3. The number of amides is 1. The van der Waals surface area contributed by atoms with Gasteiger partial charge in [0.2, 0.25) is 5.91 Å². The highest BCUT2D eigenvalue weighted by Crippen LogP contribution is 2.21. The van der Waals surface area contributed by atoms with E-state index in [1.165, 1.54) is 18.3 Å². The van der Waals surface area contributed by atoms with Crippen molar-refractivity contribution in [3.05, 3.63) is 16.3 Å². The summed E-state index contributed by atoms with van der Waals surface area (Å²) >= 11 is 1.46. The van der Waals surface area contributed by atoms with Gasteiger partial charge in [-0.15, -0.1) is 11.3 Å². The van der Waals surface area contributed by atoms with Crippen LogP contribution in [-0.2, 0) is 16.1 Å². The highest BCUT2D eigenvalue weighted by atomic mass is 32.1. The third kappa shape index (κ3) is 7.14. The van der Waals surface area contributed by atoms with E-state index in [1.54, 1.807) is 6.07 Å². The summed E-state index contributed by atoms with van der Waals surface area (Å²) in [5.41, 5.74) is 0.723. The standard InChI is InChI=1S/C11H15F3N2O2S/c1-8(17)16-9-2-5-19-10(9)6-15-3-4-18-7-11(12,13)14/h2,5,15H,3-4,6-7H2,1H3,(H,16,17). The molecular formula is C11H15F3N2O2S. The van der Waals surface area contributed by atoms with Crippen molar-refractivity contribution >= 4 is 22.9 Å². The summed E-state index contributed by atoms with van der Waals surface area (Å²) in [7, 11) is 0. The Morgan fingerprint density at radius 3 is 2.84 bits per heavy atom. The smallest absolute Gasteiger partial charge is 0.371 e. The molecule has 1 aromatic rings. The minimum Gasteiger partial charge on any atom is -0.371 e. The molecule has 0 saturated heterocycles. The third-order valence-electron chi connectivity index (χ3n) is 2.03. The van der Waals surface area contributed by atoms with Crippen LogP contribution in [0.4, 0.5) is 18.9 Å². The molecule has 4 nitrogen and oxygen atoms in total. The van der Waals surface area contributed by atoms with Crippen LogP contribution in [0.15, 0.2) is 11.4 Å². The molecule has 1 amide bonds. The van der Waals surface area contributed by atoms with Crippen LogP contribution in [0.25, 0.3) is 0 Å². The van der Waals surface area contributed by atoms with Crippen LogP contribution < -0.4 is 10.6 Å². The Hall–Kier alpha value is -1.12. The summed E-state index contributed by atoms with van der Waals surface area (Å²) in [5.74, 6) is -0.159. The first-order chi connectivity index (χ1) is 8.88. The van der Waals surface area contributed by atoms with Gasteiger partial charge < -0.3 is 15.4 Å². The van der Waals surface area contributed by atoms with Crippen LogP contribution in [0.3, 0.4) is 0 Å². The average Bonchev–Trinajstić information content (AvgIpc) is 2.68. The maximum Gasteiger partial charge on any atom is 0.411 e. The SMILES string of the molecule is CC(=O)Nc1ccsc1CNCCOCC(F)(F)F. The van der Waals surface area contributed by atoms with E-state index in [0.29, 0.717) is 13.1 Å². The zero-order valence-electron chi connectivity index (χ0n) is 10.3. The van der Waals surface area contributed by atoms with Crippen molar-refractivity contribution in [3.8, 4) is 0 Å². The van der Waals surface area contributed by atoms with Crippen molar-refractivity contribution in [3.63, 3.8) is 0 Å². The van der Waals surface area contributed by atoms with Crippen LogP contribution in [-0.4, -0.2) is 31.8 Å². The lowest BCUT2D eigenvalue weighted by molar-refractivity contribution is -0.173. The fourth-order valence-electron chi connectivity index (χ4n) is 1.31. The van der Waals surface area contributed by atoms with Crippen LogP contribution in [0, 0.1) is 0 Å². The molecule has 0 aliphatic rings. The third-order valence-corrected chi connectivity index (χ3v) is 2.95. The molecule has 0 bridgehead atoms. The number of ether oxygens (including phenoxy) is 1. The lowest BCUT2D eigenvalue weighted by atomic mass is 10.3. The molecule has 0 spiro atoms. The summed E-state index contributed by atoms with van der Waals surface area (Å²) in [6.07, 6.45) is -4.29. The molecule has 2 N–H and O–H groups in total. The maximum atomic E-state index is 11.8. The van der Waals surface area contributed by atoms with Gasteiger partial charge in [-0.25, -0.2) is 0 Å². The van der Waals surface area contributed by atoms with Gasteiger partial charge in [0, 0.05) is 24.9 Å². The Morgan fingerprint density at radius 1 is 1.47 bits per heavy atom. The molecule has 1 aromatic heterocycles. The summed E-state index contributed by atoms with van der Waals surface area (Å²) in [5, 5.41) is 7.47. The molecule has 0 fully saturated rings. The van der Waals surface area contributed by atoms with Crippen molar-refractivity contribution in [2.45, 2.75) is 19.6 Å². The Bertz CT molecular complexity index is 407. The number of hydrogen-bond donors (Lipinski definition) is 2. The predicted molar refractivity (Wildman–Crippen MR) is 67.2 cm³/mol. The van der Waals surface area contributed by atoms with Gasteiger partial charge in [-0.1, -0.05) is 0 Å². The minimum atomic E-state index is -4.29. The fraction of sp³-hybridized carbons (Fsp3) is 0.545. The number of carbonyl (C=O) groups excluding carboxylic acids is 1. The monoisotopic (exact) mass is 296 g/mol. The average molecular weight is 296 g/mol. The maximum absolute atomic E-state index is 11.8. The molecule has 0 aliphatic carbocycles. The van der Waals surface area contributed by atoms with Gasteiger partial charge in [0.1, 0.15) is 6.61 Å². The van der Waals surface area contributed by atoms with Gasteiger partial charge in [0.05, 0.1) is 12.3 Å². The van der Waals surface area contributed by atoms with E-state index in [0.717, 1.165) is 10.6 Å². The van der Waals surface area contributed by atoms with Crippen molar-refractivity contribution in [1.29, 1.82) is 0 Å². The molecule has 0 saturated carbocycles. The van der Waals surface area contributed by atoms with E-state index in [4.69, 9.17) is 0 Å². The first-order valence-corrected chi connectivity index (χ1v) is 6.45. The highest BCUT2D eigenvalue weighted by Gasteiger charge is 2.27. The zero-order valence-corrected chi connectivity index (χ0v) is 11.2. The summed E-state index contributed by atoms with van der Waals surface area (Å²) in [6, 6.07) is 1.78. The molecule has 0 unspecified atom stereocenters. The van der Waals surface area contributed by atoms with Crippen molar-refractivity contribution in [1.82, 2.24) is 5.32 Å². The molecule has 1 heterocycles. The molecule has 108 valence electrons. The number of carbonyl (C=O) groups is 1. The number of halogens is 3.